The first-order valence-corrected chi connectivity index (χ1v) is 7.19. The molecule has 1 N–H and O–H groups in total. The molecule has 0 unspecified atom stereocenters. The van der Waals surface area contributed by atoms with Crippen LogP contribution in [0.2, 0.25) is 0 Å². The third kappa shape index (κ3) is 4.83. The third-order valence-corrected chi connectivity index (χ3v) is 3.46. The lowest BCUT2D eigenvalue weighted by molar-refractivity contribution is 0.157. The van der Waals surface area contributed by atoms with Crippen LogP contribution in [-0.4, -0.2) is 22.6 Å². The molecule has 0 saturated heterocycles. The Balaban J connectivity index is 2.83. The zero-order valence-electron chi connectivity index (χ0n) is 12.5. The van der Waals surface area contributed by atoms with Crippen LogP contribution in [0.5, 0.6) is 5.75 Å². The molecule has 2 nitrogen and oxygen atoms in total. The molecule has 0 atom stereocenters. The van der Waals surface area contributed by atoms with Gasteiger partial charge < -0.3 is 5.11 Å². The van der Waals surface area contributed by atoms with Crippen molar-refractivity contribution in [3.05, 3.63) is 29.6 Å². The van der Waals surface area contributed by atoms with Gasteiger partial charge in [-0.25, -0.2) is 4.39 Å². The number of hydrogen-bond donors (Lipinski definition) is 1. The highest BCUT2D eigenvalue weighted by Crippen LogP contribution is 2.20. The van der Waals surface area contributed by atoms with Crippen LogP contribution in [0.1, 0.15) is 46.1 Å². The van der Waals surface area contributed by atoms with Crippen LogP contribution in [-0.2, 0) is 6.54 Å². The van der Waals surface area contributed by atoms with Crippen molar-refractivity contribution < 1.29 is 9.50 Å². The van der Waals surface area contributed by atoms with Crippen LogP contribution in [0, 0.1) is 11.7 Å². The number of phenolic OH excluding ortho intramolecular Hbond substituents is 1. The fraction of sp³-hybridized carbons (Fsp3) is 0.625. The minimum absolute atomic E-state index is 0.276. The van der Waals surface area contributed by atoms with Crippen molar-refractivity contribution in [2.75, 3.05) is 6.54 Å². The zero-order chi connectivity index (χ0) is 14.4. The number of nitrogens with zero attached hydrogens (tertiary/aromatic N) is 1. The van der Waals surface area contributed by atoms with Gasteiger partial charge in [-0.05, 0) is 36.5 Å². The Kier molecular flexibility index (Phi) is 6.29. The molecule has 0 aliphatic carbocycles. The maximum absolute atomic E-state index is 13.4. The molecule has 19 heavy (non-hydrogen) atoms. The maximum Gasteiger partial charge on any atom is 0.165 e. The van der Waals surface area contributed by atoms with Gasteiger partial charge in [-0.2, -0.15) is 0 Å². The molecule has 0 spiro atoms. The number of rotatable bonds is 7. The summed E-state index contributed by atoms with van der Waals surface area (Å²) >= 11 is 0. The van der Waals surface area contributed by atoms with E-state index in [1.165, 1.54) is 12.1 Å². The van der Waals surface area contributed by atoms with Crippen molar-refractivity contribution in [3.63, 3.8) is 0 Å². The summed E-state index contributed by atoms with van der Waals surface area (Å²) in [5, 5.41) is 9.24. The van der Waals surface area contributed by atoms with Crippen LogP contribution in [0.4, 0.5) is 4.39 Å². The fourth-order valence-corrected chi connectivity index (χ4v) is 2.50. The van der Waals surface area contributed by atoms with Crippen LogP contribution >= 0.6 is 0 Å². The summed E-state index contributed by atoms with van der Waals surface area (Å²) in [4.78, 5) is 2.41. The summed E-state index contributed by atoms with van der Waals surface area (Å²) < 4.78 is 13.4. The highest BCUT2D eigenvalue weighted by molar-refractivity contribution is 5.28. The Labute approximate surface area is 116 Å². The molecule has 0 aliphatic rings. The topological polar surface area (TPSA) is 23.5 Å². The van der Waals surface area contributed by atoms with E-state index in [-0.39, 0.29) is 5.75 Å². The van der Waals surface area contributed by atoms with E-state index in [1.54, 1.807) is 6.07 Å². The van der Waals surface area contributed by atoms with Crippen molar-refractivity contribution >= 4 is 0 Å². The van der Waals surface area contributed by atoms with E-state index in [0.29, 0.717) is 12.0 Å². The quantitative estimate of drug-likeness (QED) is 0.801. The largest absolute Gasteiger partial charge is 0.505 e. The van der Waals surface area contributed by atoms with Gasteiger partial charge in [-0.1, -0.05) is 33.8 Å². The van der Waals surface area contributed by atoms with Gasteiger partial charge in [0.25, 0.3) is 0 Å². The Morgan fingerprint density at radius 2 is 1.84 bits per heavy atom. The molecule has 1 aromatic carbocycles. The van der Waals surface area contributed by atoms with Crippen LogP contribution < -0.4 is 0 Å². The van der Waals surface area contributed by atoms with Crippen molar-refractivity contribution in [1.82, 2.24) is 4.90 Å². The highest BCUT2D eigenvalue weighted by atomic mass is 19.1. The Hall–Kier alpha value is -1.09. The first-order valence-electron chi connectivity index (χ1n) is 7.19. The monoisotopic (exact) mass is 267 g/mol. The molecule has 3 heteroatoms. The van der Waals surface area contributed by atoms with Gasteiger partial charge in [0.1, 0.15) is 0 Å². The minimum Gasteiger partial charge on any atom is -0.505 e. The van der Waals surface area contributed by atoms with Gasteiger partial charge in [0.2, 0.25) is 0 Å². The molecule has 0 bridgehead atoms. The molecule has 0 heterocycles. The molecule has 0 aliphatic heterocycles. The van der Waals surface area contributed by atoms with E-state index in [1.807, 2.05) is 0 Å². The molecule has 0 saturated carbocycles. The van der Waals surface area contributed by atoms with E-state index in [4.69, 9.17) is 0 Å². The van der Waals surface area contributed by atoms with Gasteiger partial charge >= 0.3 is 0 Å². The smallest absolute Gasteiger partial charge is 0.165 e. The molecule has 1 rings (SSSR count). The van der Waals surface area contributed by atoms with Gasteiger partial charge in [-0.3, -0.25) is 4.90 Å². The van der Waals surface area contributed by atoms with Gasteiger partial charge in [0.05, 0.1) is 0 Å². The molecule has 0 amide bonds. The summed E-state index contributed by atoms with van der Waals surface area (Å²) in [5.41, 5.74) is 0.919. The van der Waals surface area contributed by atoms with Crippen LogP contribution in [0.25, 0.3) is 0 Å². The fourth-order valence-electron chi connectivity index (χ4n) is 2.50. The summed E-state index contributed by atoms with van der Waals surface area (Å²) in [6.07, 6.45) is 2.20. The van der Waals surface area contributed by atoms with Crippen molar-refractivity contribution in [2.24, 2.45) is 5.92 Å². The number of hydrogen-bond acceptors (Lipinski definition) is 2. The normalized spacial score (nSPS) is 11.8. The summed E-state index contributed by atoms with van der Waals surface area (Å²) in [6, 6.07) is 5.20. The summed E-state index contributed by atoms with van der Waals surface area (Å²) in [6.45, 7) is 10.5. The lowest BCUT2D eigenvalue weighted by Gasteiger charge is -2.32. The molecule has 0 fully saturated rings. The average molecular weight is 267 g/mol. The molecular formula is C16H26FNO. The Morgan fingerprint density at radius 3 is 2.32 bits per heavy atom. The molecule has 0 aromatic heterocycles. The maximum atomic E-state index is 13.4. The van der Waals surface area contributed by atoms with Crippen LogP contribution in [0.3, 0.4) is 0 Å². The predicted molar refractivity (Wildman–Crippen MR) is 77.7 cm³/mol. The van der Waals surface area contributed by atoms with Crippen LogP contribution in [0.15, 0.2) is 18.2 Å². The van der Waals surface area contributed by atoms with Gasteiger partial charge in [0.15, 0.2) is 11.6 Å². The summed E-state index contributed by atoms with van der Waals surface area (Å²) in [5.74, 6) is -0.226. The number of benzene rings is 1. The molecule has 1 aromatic rings. The number of aromatic hydroxyl groups is 1. The standard InChI is InChI=1S/C16H26FNO/c1-5-14(6-2)18(10-12(3)4)11-13-7-8-16(19)15(17)9-13/h7-9,12,14,19H,5-6,10-11H2,1-4H3. The lowest BCUT2D eigenvalue weighted by Crippen LogP contribution is -2.36. The average Bonchev–Trinajstić information content (AvgIpc) is 2.34. The summed E-state index contributed by atoms with van der Waals surface area (Å²) in [7, 11) is 0. The first kappa shape index (κ1) is 16.0. The second-order valence-corrected chi connectivity index (χ2v) is 5.58. The Bertz CT molecular complexity index is 388. The molecular weight excluding hydrogens is 241 g/mol. The SMILES string of the molecule is CCC(CC)N(Cc1ccc(O)c(F)c1)CC(C)C. The van der Waals surface area contributed by atoms with E-state index < -0.39 is 5.82 Å². The van der Waals surface area contributed by atoms with Crippen molar-refractivity contribution in [3.8, 4) is 5.75 Å². The Morgan fingerprint density at radius 1 is 1.21 bits per heavy atom. The number of phenols is 1. The van der Waals surface area contributed by atoms with Gasteiger partial charge in [0, 0.05) is 19.1 Å². The van der Waals surface area contributed by atoms with Crippen molar-refractivity contribution in [2.45, 2.75) is 53.1 Å². The second kappa shape index (κ2) is 7.49. The minimum atomic E-state index is -0.536. The van der Waals surface area contributed by atoms with Gasteiger partial charge in [-0.15, -0.1) is 0 Å². The number of halogens is 1. The highest BCUT2D eigenvalue weighted by Gasteiger charge is 2.17. The zero-order valence-corrected chi connectivity index (χ0v) is 12.5. The first-order chi connectivity index (χ1) is 8.97. The predicted octanol–water partition coefficient (Wildman–Crippen LogP) is 4.18. The van der Waals surface area contributed by atoms with E-state index >= 15 is 0 Å². The van der Waals surface area contributed by atoms with E-state index in [0.717, 1.165) is 31.5 Å². The van der Waals surface area contributed by atoms with Crippen molar-refractivity contribution in [1.29, 1.82) is 0 Å². The molecule has 108 valence electrons. The lowest BCUT2D eigenvalue weighted by atomic mass is 10.1. The second-order valence-electron chi connectivity index (χ2n) is 5.58. The molecule has 0 radical (unpaired) electrons. The van der Waals surface area contributed by atoms with E-state index in [9.17, 15) is 9.50 Å². The third-order valence-electron chi connectivity index (χ3n) is 3.46. The van der Waals surface area contributed by atoms with E-state index in [2.05, 4.69) is 32.6 Å².